The van der Waals surface area contributed by atoms with Crippen LogP contribution in [0, 0.1) is 6.92 Å². The maximum absolute atomic E-state index is 12.4. The zero-order valence-corrected chi connectivity index (χ0v) is 13.4. The third kappa shape index (κ3) is 3.78. The summed E-state index contributed by atoms with van der Waals surface area (Å²) in [6.45, 7) is 4.17. The lowest BCUT2D eigenvalue weighted by atomic mass is 10.0. The van der Waals surface area contributed by atoms with Gasteiger partial charge in [0.05, 0.1) is 7.11 Å². The van der Waals surface area contributed by atoms with Gasteiger partial charge in [-0.3, -0.25) is 4.79 Å². The molecule has 2 bridgehead atoms. The summed E-state index contributed by atoms with van der Waals surface area (Å²) in [6, 6.07) is 4.07. The van der Waals surface area contributed by atoms with Crippen molar-refractivity contribution in [2.45, 2.75) is 64.9 Å². The minimum Gasteiger partial charge on any atom is -0.493 e. The number of hydrogen-bond acceptors (Lipinski definition) is 3. The first-order valence-corrected chi connectivity index (χ1v) is 8.03. The minimum atomic E-state index is -0.322. The Bertz CT molecular complexity index is 493. The van der Waals surface area contributed by atoms with Crippen LogP contribution < -0.4 is 9.47 Å². The van der Waals surface area contributed by atoms with Gasteiger partial charge in [-0.1, -0.05) is 19.4 Å². The van der Waals surface area contributed by atoms with E-state index < -0.39 is 0 Å². The van der Waals surface area contributed by atoms with Crippen LogP contribution in [0.2, 0.25) is 0 Å². The lowest BCUT2D eigenvalue weighted by Crippen LogP contribution is -2.27. The molecule has 1 aliphatic rings. The quantitative estimate of drug-likeness (QED) is 0.813. The number of ketones is 1. The van der Waals surface area contributed by atoms with E-state index in [1.54, 1.807) is 7.11 Å². The van der Waals surface area contributed by atoms with E-state index in [9.17, 15) is 4.79 Å². The lowest BCUT2D eigenvalue weighted by Gasteiger charge is -2.21. The van der Waals surface area contributed by atoms with Gasteiger partial charge in [0, 0.05) is 6.42 Å². The van der Waals surface area contributed by atoms with Crippen molar-refractivity contribution in [3.8, 4) is 11.5 Å². The van der Waals surface area contributed by atoms with Crippen LogP contribution in [-0.4, -0.2) is 19.0 Å². The molecular weight excluding hydrogens is 264 g/mol. The van der Waals surface area contributed by atoms with Gasteiger partial charge in [-0.15, -0.1) is 0 Å². The van der Waals surface area contributed by atoms with E-state index in [-0.39, 0.29) is 11.9 Å². The zero-order chi connectivity index (χ0) is 15.2. The van der Waals surface area contributed by atoms with E-state index in [2.05, 4.69) is 19.9 Å². The molecule has 1 aromatic carbocycles. The SMILES string of the molecule is CCCCC(=O)C1CCCCc2ccc(OC)c(c2C)O1. The average molecular weight is 290 g/mol. The summed E-state index contributed by atoms with van der Waals surface area (Å²) in [6.07, 6.45) is 6.26. The molecule has 116 valence electrons. The van der Waals surface area contributed by atoms with Crippen molar-refractivity contribution in [1.82, 2.24) is 0 Å². The average Bonchev–Trinajstić information content (AvgIpc) is 2.54. The Kier molecular flexibility index (Phi) is 5.66. The van der Waals surface area contributed by atoms with Gasteiger partial charge in [0.1, 0.15) is 0 Å². The van der Waals surface area contributed by atoms with Crippen molar-refractivity contribution in [2.75, 3.05) is 7.11 Å². The third-order valence-electron chi connectivity index (χ3n) is 4.26. The fourth-order valence-corrected chi connectivity index (χ4v) is 2.87. The second-order valence-electron chi connectivity index (χ2n) is 5.80. The highest BCUT2D eigenvalue weighted by atomic mass is 16.5. The Morgan fingerprint density at radius 1 is 1.38 bits per heavy atom. The number of ether oxygens (including phenoxy) is 2. The highest BCUT2D eigenvalue weighted by Crippen LogP contribution is 2.36. The minimum absolute atomic E-state index is 0.227. The number of methoxy groups -OCH3 is 1. The Labute approximate surface area is 127 Å². The van der Waals surface area contributed by atoms with E-state index in [1.165, 1.54) is 5.56 Å². The number of carbonyl (C=O) groups is 1. The molecule has 1 atom stereocenters. The second kappa shape index (κ2) is 7.48. The van der Waals surface area contributed by atoms with Crippen molar-refractivity contribution in [3.63, 3.8) is 0 Å². The standard InChI is InChI=1S/C18H26O3/c1-4-5-9-15(19)16-10-7-6-8-14-11-12-17(20-3)18(21-16)13(14)2/h11-12,16H,4-10H2,1-3H3. The van der Waals surface area contributed by atoms with Crippen LogP contribution >= 0.6 is 0 Å². The molecule has 1 unspecified atom stereocenters. The maximum atomic E-state index is 12.4. The van der Waals surface area contributed by atoms with Crippen LogP contribution in [-0.2, 0) is 11.2 Å². The molecule has 3 heteroatoms. The molecule has 1 aliphatic heterocycles. The fourth-order valence-electron chi connectivity index (χ4n) is 2.87. The molecule has 2 rings (SSSR count). The summed E-state index contributed by atoms with van der Waals surface area (Å²) in [7, 11) is 1.65. The first-order valence-electron chi connectivity index (χ1n) is 8.03. The first kappa shape index (κ1) is 15.9. The summed E-state index contributed by atoms with van der Waals surface area (Å²) in [5.41, 5.74) is 2.41. The number of Topliss-reactive ketones (excluding diaryl/α,β-unsaturated/α-hetero) is 1. The molecule has 0 radical (unpaired) electrons. The predicted octanol–water partition coefficient (Wildman–Crippen LogP) is 4.24. The Hall–Kier alpha value is -1.51. The molecule has 21 heavy (non-hydrogen) atoms. The topological polar surface area (TPSA) is 35.5 Å². The molecule has 0 saturated carbocycles. The maximum Gasteiger partial charge on any atom is 0.173 e. The van der Waals surface area contributed by atoms with Crippen molar-refractivity contribution in [3.05, 3.63) is 23.3 Å². The summed E-state index contributed by atoms with van der Waals surface area (Å²) in [5, 5.41) is 0. The monoisotopic (exact) mass is 290 g/mol. The van der Waals surface area contributed by atoms with Crippen LogP contribution in [0.25, 0.3) is 0 Å². The van der Waals surface area contributed by atoms with Crippen LogP contribution in [0.1, 0.15) is 56.6 Å². The number of unbranched alkanes of at least 4 members (excludes halogenated alkanes) is 1. The molecule has 0 aliphatic carbocycles. The molecule has 0 amide bonds. The fraction of sp³-hybridized carbons (Fsp3) is 0.611. The first-order chi connectivity index (χ1) is 10.2. The van der Waals surface area contributed by atoms with E-state index in [0.29, 0.717) is 6.42 Å². The van der Waals surface area contributed by atoms with E-state index in [1.807, 2.05) is 6.07 Å². The van der Waals surface area contributed by atoms with Gasteiger partial charge >= 0.3 is 0 Å². The van der Waals surface area contributed by atoms with E-state index in [0.717, 1.165) is 55.6 Å². The Morgan fingerprint density at radius 3 is 2.90 bits per heavy atom. The highest BCUT2D eigenvalue weighted by molar-refractivity contribution is 5.83. The number of hydrogen-bond donors (Lipinski definition) is 0. The van der Waals surface area contributed by atoms with Crippen molar-refractivity contribution < 1.29 is 14.3 Å². The van der Waals surface area contributed by atoms with Crippen molar-refractivity contribution in [1.29, 1.82) is 0 Å². The predicted molar refractivity (Wildman–Crippen MR) is 84.2 cm³/mol. The van der Waals surface area contributed by atoms with Crippen LogP contribution in [0.4, 0.5) is 0 Å². The zero-order valence-electron chi connectivity index (χ0n) is 13.4. The number of benzene rings is 1. The summed E-state index contributed by atoms with van der Waals surface area (Å²) in [4.78, 5) is 12.4. The molecule has 0 N–H and O–H groups in total. The number of carbonyl (C=O) groups excluding carboxylic acids is 1. The van der Waals surface area contributed by atoms with Gasteiger partial charge in [0.2, 0.25) is 0 Å². The van der Waals surface area contributed by atoms with Crippen molar-refractivity contribution in [2.24, 2.45) is 0 Å². The largest absolute Gasteiger partial charge is 0.493 e. The lowest BCUT2D eigenvalue weighted by molar-refractivity contribution is -0.126. The Balaban J connectivity index is 2.27. The summed E-state index contributed by atoms with van der Waals surface area (Å²) < 4.78 is 11.5. The van der Waals surface area contributed by atoms with E-state index in [4.69, 9.17) is 9.47 Å². The van der Waals surface area contributed by atoms with Gasteiger partial charge in [0.15, 0.2) is 23.4 Å². The molecule has 0 aromatic heterocycles. The molecule has 3 nitrogen and oxygen atoms in total. The smallest absolute Gasteiger partial charge is 0.173 e. The van der Waals surface area contributed by atoms with Crippen LogP contribution in [0.3, 0.4) is 0 Å². The summed E-state index contributed by atoms with van der Waals surface area (Å²) >= 11 is 0. The number of aryl methyl sites for hydroxylation is 1. The third-order valence-corrected chi connectivity index (χ3v) is 4.26. The molecule has 0 saturated heterocycles. The van der Waals surface area contributed by atoms with Gasteiger partial charge < -0.3 is 9.47 Å². The molecular formula is C18H26O3. The normalized spacial score (nSPS) is 18.1. The highest BCUT2D eigenvalue weighted by Gasteiger charge is 2.24. The molecule has 0 fully saturated rings. The molecule has 1 heterocycles. The Morgan fingerprint density at radius 2 is 2.19 bits per heavy atom. The summed E-state index contributed by atoms with van der Waals surface area (Å²) in [5.74, 6) is 1.71. The van der Waals surface area contributed by atoms with Gasteiger partial charge in [-0.2, -0.15) is 0 Å². The second-order valence-corrected chi connectivity index (χ2v) is 5.80. The van der Waals surface area contributed by atoms with Crippen molar-refractivity contribution >= 4 is 5.78 Å². The molecule has 0 spiro atoms. The van der Waals surface area contributed by atoms with Crippen LogP contribution in [0.15, 0.2) is 12.1 Å². The van der Waals surface area contributed by atoms with Gasteiger partial charge in [0.25, 0.3) is 0 Å². The number of rotatable bonds is 5. The van der Waals surface area contributed by atoms with Gasteiger partial charge in [-0.25, -0.2) is 0 Å². The molecule has 1 aromatic rings. The van der Waals surface area contributed by atoms with Gasteiger partial charge in [-0.05, 0) is 56.2 Å². The van der Waals surface area contributed by atoms with E-state index >= 15 is 0 Å². The van der Waals surface area contributed by atoms with Crippen LogP contribution in [0.5, 0.6) is 11.5 Å². The number of fused-ring (bicyclic) bond motifs is 2.